The smallest absolute Gasteiger partial charge is 0.212 e. The predicted octanol–water partition coefficient (Wildman–Crippen LogP) is 3.23. The highest BCUT2D eigenvalue weighted by Crippen LogP contribution is 2.20. The zero-order valence-corrected chi connectivity index (χ0v) is 12.5. The fourth-order valence-electron chi connectivity index (χ4n) is 1.97. The molecule has 6 heteroatoms. The van der Waals surface area contributed by atoms with E-state index in [1.165, 1.54) is 0 Å². The van der Waals surface area contributed by atoms with E-state index in [1.807, 2.05) is 48.6 Å². The van der Waals surface area contributed by atoms with Crippen LogP contribution in [0.5, 0.6) is 0 Å². The lowest BCUT2D eigenvalue weighted by Gasteiger charge is -1.99. The molecule has 21 heavy (non-hydrogen) atoms. The van der Waals surface area contributed by atoms with Gasteiger partial charge < -0.3 is 5.32 Å². The molecule has 104 valence electrons. The van der Waals surface area contributed by atoms with Gasteiger partial charge in [-0.15, -0.1) is 0 Å². The Balaban J connectivity index is 2.07. The van der Waals surface area contributed by atoms with Gasteiger partial charge in [0, 0.05) is 0 Å². The Morgan fingerprint density at radius 1 is 1.10 bits per heavy atom. The summed E-state index contributed by atoms with van der Waals surface area (Å²) < 4.78 is 2.25. The Morgan fingerprint density at radius 2 is 1.90 bits per heavy atom. The maximum Gasteiger partial charge on any atom is 0.212 e. The molecular weight excluding hydrogens is 332 g/mol. The van der Waals surface area contributed by atoms with Crippen LogP contribution in [0.25, 0.3) is 17.8 Å². The van der Waals surface area contributed by atoms with Crippen molar-refractivity contribution < 1.29 is 4.79 Å². The Hall–Kier alpha value is -2.47. The van der Waals surface area contributed by atoms with Crippen LogP contribution in [-0.2, 0) is 4.79 Å². The summed E-state index contributed by atoms with van der Waals surface area (Å²) in [5, 5.41) is 6.93. The number of hydrogen-bond acceptors (Lipinski definition) is 3. The minimum Gasteiger partial charge on any atom is -0.311 e. The number of rotatable bonds is 4. The molecule has 0 unspecified atom stereocenters. The molecule has 0 fully saturated rings. The van der Waals surface area contributed by atoms with E-state index in [2.05, 4.69) is 31.3 Å². The zero-order valence-electron chi connectivity index (χ0n) is 10.9. The first kappa shape index (κ1) is 13.5. The Labute approximate surface area is 129 Å². The summed E-state index contributed by atoms with van der Waals surface area (Å²) in [6.07, 6.45) is 4.41. The summed E-state index contributed by atoms with van der Waals surface area (Å²) in [5.41, 5.74) is 2.37. The van der Waals surface area contributed by atoms with Gasteiger partial charge in [0.05, 0.1) is 0 Å². The average Bonchev–Trinajstić information content (AvgIpc) is 2.84. The van der Waals surface area contributed by atoms with E-state index in [9.17, 15) is 4.79 Å². The molecule has 0 aliphatic carbocycles. The minimum atomic E-state index is 0.536. The standard InChI is InChI=1S/C15H11BrN4O/c16-13-8-9-14-18-12(15(17-10-21)20(14)19-13)7-6-11-4-2-1-3-5-11/h1-10H,(H,17,21)/b7-6+. The summed E-state index contributed by atoms with van der Waals surface area (Å²) in [4.78, 5) is 15.3. The SMILES string of the molecule is O=CNc1c(/C=C/c2ccccc2)nc2ccc(Br)nn12. The van der Waals surface area contributed by atoms with Crippen LogP contribution in [0.3, 0.4) is 0 Å². The van der Waals surface area contributed by atoms with Crippen LogP contribution in [0, 0.1) is 0 Å². The van der Waals surface area contributed by atoms with Gasteiger partial charge in [0.15, 0.2) is 11.5 Å². The number of benzene rings is 1. The van der Waals surface area contributed by atoms with Gasteiger partial charge in [-0.25, -0.2) is 4.98 Å². The van der Waals surface area contributed by atoms with Crippen molar-refractivity contribution in [1.82, 2.24) is 14.6 Å². The number of nitrogens with one attached hydrogen (secondary N) is 1. The van der Waals surface area contributed by atoms with Crippen molar-refractivity contribution in [3.8, 4) is 0 Å². The quantitative estimate of drug-likeness (QED) is 0.740. The van der Waals surface area contributed by atoms with Crippen molar-refractivity contribution in [3.63, 3.8) is 0 Å². The van der Waals surface area contributed by atoms with Crippen LogP contribution in [0.4, 0.5) is 5.82 Å². The topological polar surface area (TPSA) is 59.3 Å². The number of carbonyl (C=O) groups excluding carboxylic acids is 1. The van der Waals surface area contributed by atoms with Crippen LogP contribution in [-0.4, -0.2) is 21.0 Å². The van der Waals surface area contributed by atoms with E-state index < -0.39 is 0 Å². The van der Waals surface area contributed by atoms with Crippen molar-refractivity contribution in [2.45, 2.75) is 0 Å². The lowest BCUT2D eigenvalue weighted by atomic mass is 10.2. The third-order valence-corrected chi connectivity index (χ3v) is 3.32. The van der Waals surface area contributed by atoms with Crippen molar-refractivity contribution in [2.75, 3.05) is 5.32 Å². The zero-order chi connectivity index (χ0) is 14.7. The molecule has 0 radical (unpaired) electrons. The first-order valence-corrected chi connectivity index (χ1v) is 7.06. The lowest BCUT2D eigenvalue weighted by molar-refractivity contribution is -0.105. The van der Waals surface area contributed by atoms with Crippen molar-refractivity contribution in [2.24, 2.45) is 0 Å². The van der Waals surface area contributed by atoms with Crippen molar-refractivity contribution >= 4 is 46.0 Å². The largest absolute Gasteiger partial charge is 0.311 e. The van der Waals surface area contributed by atoms with Crippen LogP contribution in [0.2, 0.25) is 0 Å². The van der Waals surface area contributed by atoms with E-state index in [4.69, 9.17) is 0 Å². The molecule has 2 aromatic heterocycles. The van der Waals surface area contributed by atoms with E-state index in [1.54, 1.807) is 10.6 Å². The van der Waals surface area contributed by atoms with Crippen LogP contribution in [0.1, 0.15) is 11.3 Å². The van der Waals surface area contributed by atoms with E-state index in [0.717, 1.165) is 5.56 Å². The number of fused-ring (bicyclic) bond motifs is 1. The molecule has 2 heterocycles. The summed E-state index contributed by atoms with van der Waals surface area (Å²) in [6, 6.07) is 13.5. The number of hydrogen-bond donors (Lipinski definition) is 1. The monoisotopic (exact) mass is 342 g/mol. The normalized spacial score (nSPS) is 11.1. The fourth-order valence-corrected chi connectivity index (χ4v) is 2.27. The maximum atomic E-state index is 10.8. The Kier molecular flexibility index (Phi) is 3.79. The Bertz CT molecular complexity index is 811. The summed E-state index contributed by atoms with van der Waals surface area (Å²) in [6.45, 7) is 0. The molecule has 1 aromatic carbocycles. The molecule has 3 aromatic rings. The molecule has 1 amide bonds. The third kappa shape index (κ3) is 2.85. The Morgan fingerprint density at radius 3 is 2.67 bits per heavy atom. The first-order chi connectivity index (χ1) is 10.3. The average molecular weight is 343 g/mol. The number of halogens is 1. The lowest BCUT2D eigenvalue weighted by Crippen LogP contribution is -2.02. The van der Waals surface area contributed by atoms with Crippen LogP contribution < -0.4 is 5.32 Å². The number of anilines is 1. The van der Waals surface area contributed by atoms with Gasteiger partial charge in [-0.3, -0.25) is 4.79 Å². The molecule has 0 saturated heterocycles. The van der Waals surface area contributed by atoms with Gasteiger partial charge in [0.1, 0.15) is 10.3 Å². The van der Waals surface area contributed by atoms with E-state index in [-0.39, 0.29) is 0 Å². The van der Waals surface area contributed by atoms with Gasteiger partial charge in [0.2, 0.25) is 6.41 Å². The molecule has 0 aliphatic heterocycles. The van der Waals surface area contributed by atoms with Gasteiger partial charge in [0.25, 0.3) is 0 Å². The number of carbonyl (C=O) groups is 1. The minimum absolute atomic E-state index is 0.536. The van der Waals surface area contributed by atoms with Gasteiger partial charge in [-0.2, -0.15) is 9.61 Å². The summed E-state index contributed by atoms with van der Waals surface area (Å²) in [7, 11) is 0. The molecule has 5 nitrogen and oxygen atoms in total. The summed E-state index contributed by atoms with van der Waals surface area (Å²) in [5.74, 6) is 0.536. The highest BCUT2D eigenvalue weighted by atomic mass is 79.9. The molecule has 0 saturated carbocycles. The molecule has 3 rings (SSSR count). The molecule has 0 aliphatic rings. The second kappa shape index (κ2) is 5.88. The van der Waals surface area contributed by atoms with Gasteiger partial charge in [-0.1, -0.05) is 36.4 Å². The number of nitrogens with zero attached hydrogens (tertiary/aromatic N) is 3. The fraction of sp³-hybridized carbons (Fsp3) is 0. The molecule has 0 bridgehead atoms. The second-order valence-electron chi connectivity index (χ2n) is 4.28. The van der Waals surface area contributed by atoms with Crippen molar-refractivity contribution in [3.05, 3.63) is 58.3 Å². The highest BCUT2D eigenvalue weighted by Gasteiger charge is 2.10. The van der Waals surface area contributed by atoms with E-state index in [0.29, 0.717) is 28.2 Å². The number of imidazole rings is 1. The first-order valence-electron chi connectivity index (χ1n) is 6.26. The second-order valence-corrected chi connectivity index (χ2v) is 5.09. The molecule has 1 N–H and O–H groups in total. The number of aromatic nitrogens is 3. The molecule has 0 atom stereocenters. The maximum absolute atomic E-state index is 10.8. The predicted molar refractivity (Wildman–Crippen MR) is 85.7 cm³/mol. The third-order valence-electron chi connectivity index (χ3n) is 2.90. The van der Waals surface area contributed by atoms with Crippen molar-refractivity contribution in [1.29, 1.82) is 0 Å². The van der Waals surface area contributed by atoms with Gasteiger partial charge in [-0.05, 0) is 39.7 Å². The van der Waals surface area contributed by atoms with Gasteiger partial charge >= 0.3 is 0 Å². The van der Waals surface area contributed by atoms with Crippen LogP contribution in [0.15, 0.2) is 47.1 Å². The van der Waals surface area contributed by atoms with Crippen LogP contribution >= 0.6 is 15.9 Å². The highest BCUT2D eigenvalue weighted by molar-refractivity contribution is 9.10. The molecular formula is C15H11BrN4O. The number of amides is 1. The molecule has 0 spiro atoms. The summed E-state index contributed by atoms with van der Waals surface area (Å²) >= 11 is 3.31. The van der Waals surface area contributed by atoms with E-state index >= 15 is 0 Å².